The monoisotopic (exact) mass is 194 g/mol. The van der Waals surface area contributed by atoms with Crippen molar-refractivity contribution in [3.8, 4) is 0 Å². The number of aromatic nitrogens is 1. The summed E-state index contributed by atoms with van der Waals surface area (Å²) in [7, 11) is 0. The highest BCUT2D eigenvalue weighted by Gasteiger charge is 2.17. The van der Waals surface area contributed by atoms with E-state index in [0.29, 0.717) is 5.92 Å². The van der Waals surface area contributed by atoms with E-state index in [4.69, 9.17) is 5.73 Å². The van der Waals surface area contributed by atoms with Gasteiger partial charge >= 0.3 is 0 Å². The number of pyridine rings is 1. The quantitative estimate of drug-likeness (QED) is 0.763. The summed E-state index contributed by atoms with van der Waals surface area (Å²) in [5, 5.41) is 9.87. The van der Waals surface area contributed by atoms with Crippen molar-refractivity contribution in [1.82, 2.24) is 4.98 Å². The van der Waals surface area contributed by atoms with E-state index >= 15 is 0 Å². The maximum absolute atomic E-state index is 9.87. The zero-order chi connectivity index (χ0) is 10.6. The van der Waals surface area contributed by atoms with Gasteiger partial charge in [-0.05, 0) is 18.4 Å². The molecule has 3 nitrogen and oxygen atoms in total. The third kappa shape index (κ3) is 3.09. The van der Waals surface area contributed by atoms with Gasteiger partial charge in [-0.25, -0.2) is 0 Å². The molecule has 0 bridgehead atoms. The van der Waals surface area contributed by atoms with Gasteiger partial charge in [0.1, 0.15) is 0 Å². The van der Waals surface area contributed by atoms with Gasteiger partial charge in [-0.15, -0.1) is 0 Å². The van der Waals surface area contributed by atoms with Crippen LogP contribution in [0.3, 0.4) is 0 Å². The molecule has 1 aromatic heterocycles. The molecule has 78 valence electrons. The van der Waals surface area contributed by atoms with E-state index in [1.807, 2.05) is 6.07 Å². The van der Waals surface area contributed by atoms with E-state index in [-0.39, 0.29) is 6.04 Å². The van der Waals surface area contributed by atoms with Crippen molar-refractivity contribution in [3.05, 3.63) is 30.1 Å². The minimum atomic E-state index is -0.605. The lowest BCUT2D eigenvalue weighted by molar-refractivity contribution is 0.135. The van der Waals surface area contributed by atoms with Gasteiger partial charge in [0, 0.05) is 24.0 Å². The zero-order valence-corrected chi connectivity index (χ0v) is 8.72. The molecule has 0 aliphatic heterocycles. The molecule has 0 aliphatic carbocycles. The molecule has 0 aromatic carbocycles. The molecule has 14 heavy (non-hydrogen) atoms. The largest absolute Gasteiger partial charge is 0.387 e. The van der Waals surface area contributed by atoms with Crippen LogP contribution in [-0.2, 0) is 0 Å². The number of nitrogens with zero attached hydrogens (tertiary/aromatic N) is 1. The minimum absolute atomic E-state index is 0.209. The number of hydrogen-bond donors (Lipinski definition) is 2. The molecule has 1 rings (SSSR count). The number of rotatable bonds is 4. The van der Waals surface area contributed by atoms with E-state index in [2.05, 4.69) is 18.8 Å². The maximum Gasteiger partial charge on any atom is 0.0955 e. The van der Waals surface area contributed by atoms with E-state index in [9.17, 15) is 5.11 Å². The Morgan fingerprint density at radius 1 is 1.50 bits per heavy atom. The van der Waals surface area contributed by atoms with Gasteiger partial charge in [0.2, 0.25) is 0 Å². The van der Waals surface area contributed by atoms with Gasteiger partial charge in [-0.2, -0.15) is 0 Å². The summed E-state index contributed by atoms with van der Waals surface area (Å²) >= 11 is 0. The van der Waals surface area contributed by atoms with Crippen LogP contribution in [0.2, 0.25) is 0 Å². The SMILES string of the molecule is CC(C)CC(N)C(O)c1cccnc1. The molecule has 3 heteroatoms. The summed E-state index contributed by atoms with van der Waals surface area (Å²) < 4.78 is 0. The van der Waals surface area contributed by atoms with Crippen molar-refractivity contribution in [1.29, 1.82) is 0 Å². The zero-order valence-electron chi connectivity index (χ0n) is 8.72. The Hall–Kier alpha value is -0.930. The first-order valence-corrected chi connectivity index (χ1v) is 4.95. The van der Waals surface area contributed by atoms with Crippen LogP contribution in [-0.4, -0.2) is 16.1 Å². The molecule has 2 atom stereocenters. The second-order valence-corrected chi connectivity index (χ2v) is 4.02. The van der Waals surface area contributed by atoms with Gasteiger partial charge in [-0.1, -0.05) is 19.9 Å². The second kappa shape index (κ2) is 5.08. The smallest absolute Gasteiger partial charge is 0.0955 e. The lowest BCUT2D eigenvalue weighted by atomic mass is 9.96. The Kier molecular flexibility index (Phi) is 4.04. The van der Waals surface area contributed by atoms with Crippen molar-refractivity contribution < 1.29 is 5.11 Å². The van der Waals surface area contributed by atoms with Gasteiger partial charge in [0.25, 0.3) is 0 Å². The van der Waals surface area contributed by atoms with Crippen molar-refractivity contribution >= 4 is 0 Å². The standard InChI is InChI=1S/C11H18N2O/c1-8(2)6-10(12)11(14)9-4-3-5-13-7-9/h3-5,7-8,10-11,14H,6,12H2,1-2H3. The molecule has 0 spiro atoms. The number of hydrogen-bond acceptors (Lipinski definition) is 3. The fourth-order valence-electron chi connectivity index (χ4n) is 1.47. The van der Waals surface area contributed by atoms with E-state index in [0.717, 1.165) is 12.0 Å². The Morgan fingerprint density at radius 2 is 2.21 bits per heavy atom. The fraction of sp³-hybridized carbons (Fsp3) is 0.545. The summed E-state index contributed by atoms with van der Waals surface area (Å²) in [6, 6.07) is 3.44. The van der Waals surface area contributed by atoms with Crippen LogP contribution >= 0.6 is 0 Å². The third-order valence-corrected chi connectivity index (χ3v) is 2.18. The predicted octanol–water partition coefficient (Wildman–Crippen LogP) is 1.49. The second-order valence-electron chi connectivity index (χ2n) is 4.02. The Morgan fingerprint density at radius 3 is 2.71 bits per heavy atom. The molecular weight excluding hydrogens is 176 g/mol. The molecule has 0 saturated carbocycles. The fourth-order valence-corrected chi connectivity index (χ4v) is 1.47. The number of nitrogens with two attached hydrogens (primary N) is 1. The molecule has 1 aromatic rings. The summed E-state index contributed by atoms with van der Waals surface area (Å²) in [6.07, 6.45) is 3.55. The van der Waals surface area contributed by atoms with E-state index in [1.54, 1.807) is 18.5 Å². The Bertz CT molecular complexity index is 261. The average Bonchev–Trinajstić information content (AvgIpc) is 2.17. The van der Waals surface area contributed by atoms with Crippen LogP contribution in [0.1, 0.15) is 31.9 Å². The number of aliphatic hydroxyl groups is 1. The third-order valence-electron chi connectivity index (χ3n) is 2.18. The molecule has 0 fully saturated rings. The minimum Gasteiger partial charge on any atom is -0.387 e. The summed E-state index contributed by atoms with van der Waals surface area (Å²) in [5.41, 5.74) is 6.66. The highest BCUT2D eigenvalue weighted by Crippen LogP contribution is 2.18. The maximum atomic E-state index is 9.87. The topological polar surface area (TPSA) is 59.1 Å². The molecule has 3 N–H and O–H groups in total. The van der Waals surface area contributed by atoms with Crippen LogP contribution in [0.5, 0.6) is 0 Å². The molecular formula is C11H18N2O. The average molecular weight is 194 g/mol. The summed E-state index contributed by atoms with van der Waals surface area (Å²) in [5.74, 6) is 0.497. The number of aliphatic hydroxyl groups excluding tert-OH is 1. The van der Waals surface area contributed by atoms with E-state index in [1.165, 1.54) is 0 Å². The molecule has 0 amide bonds. The van der Waals surface area contributed by atoms with Crippen LogP contribution in [0, 0.1) is 5.92 Å². The summed E-state index contributed by atoms with van der Waals surface area (Å²) in [6.45, 7) is 4.19. The normalized spacial score (nSPS) is 15.5. The van der Waals surface area contributed by atoms with Gasteiger partial charge in [0.05, 0.1) is 6.10 Å². The molecule has 0 aliphatic rings. The van der Waals surface area contributed by atoms with Crippen molar-refractivity contribution in [2.75, 3.05) is 0 Å². The predicted molar refractivity (Wildman–Crippen MR) is 56.6 cm³/mol. The molecule has 2 unspecified atom stereocenters. The van der Waals surface area contributed by atoms with Gasteiger partial charge in [0.15, 0.2) is 0 Å². The highest BCUT2D eigenvalue weighted by atomic mass is 16.3. The van der Waals surface area contributed by atoms with Gasteiger partial charge in [-0.3, -0.25) is 4.98 Å². The van der Waals surface area contributed by atoms with Gasteiger partial charge < -0.3 is 10.8 Å². The first-order valence-electron chi connectivity index (χ1n) is 4.95. The van der Waals surface area contributed by atoms with Crippen molar-refractivity contribution in [2.24, 2.45) is 11.7 Å². The van der Waals surface area contributed by atoms with Crippen LogP contribution in [0.4, 0.5) is 0 Å². The highest BCUT2D eigenvalue weighted by molar-refractivity contribution is 5.13. The van der Waals surface area contributed by atoms with E-state index < -0.39 is 6.10 Å². The lowest BCUT2D eigenvalue weighted by Gasteiger charge is -2.20. The molecule has 0 radical (unpaired) electrons. The Labute approximate surface area is 85.0 Å². The lowest BCUT2D eigenvalue weighted by Crippen LogP contribution is -2.29. The van der Waals surface area contributed by atoms with Crippen molar-refractivity contribution in [2.45, 2.75) is 32.4 Å². The first-order chi connectivity index (χ1) is 6.61. The molecule has 0 saturated heterocycles. The summed E-state index contributed by atoms with van der Waals surface area (Å²) in [4.78, 5) is 3.95. The molecule has 1 heterocycles. The Balaban J connectivity index is 2.61. The van der Waals surface area contributed by atoms with Crippen molar-refractivity contribution in [3.63, 3.8) is 0 Å². The van der Waals surface area contributed by atoms with Crippen LogP contribution < -0.4 is 5.73 Å². The van der Waals surface area contributed by atoms with Crippen LogP contribution in [0.15, 0.2) is 24.5 Å². The first kappa shape index (κ1) is 11.1. The van der Waals surface area contributed by atoms with Crippen LogP contribution in [0.25, 0.3) is 0 Å².